The van der Waals surface area contributed by atoms with Gasteiger partial charge in [-0.15, -0.1) is 0 Å². The molecule has 0 aromatic heterocycles. The van der Waals surface area contributed by atoms with Crippen LogP contribution in [-0.4, -0.2) is 17.7 Å². The van der Waals surface area contributed by atoms with Crippen LogP contribution in [0.3, 0.4) is 0 Å². The Morgan fingerprint density at radius 2 is 1.12 bits per heavy atom. The van der Waals surface area contributed by atoms with Crippen LogP contribution in [0.2, 0.25) is 0 Å². The molecule has 25 heavy (non-hydrogen) atoms. The summed E-state index contributed by atoms with van der Waals surface area (Å²) in [5.41, 5.74) is 0. The van der Waals surface area contributed by atoms with Crippen LogP contribution >= 0.6 is 0 Å². The van der Waals surface area contributed by atoms with Gasteiger partial charge < -0.3 is 9.84 Å². The van der Waals surface area contributed by atoms with E-state index in [1.54, 1.807) is 6.07 Å². The number of carboxylic acid groups (broad SMARTS) is 1. The van der Waals surface area contributed by atoms with Crippen molar-refractivity contribution in [1.82, 2.24) is 0 Å². The molecule has 4 rings (SSSR count). The predicted octanol–water partition coefficient (Wildman–Crippen LogP) is 5.14. The monoisotopic (exact) mass is 330 g/mol. The van der Waals surface area contributed by atoms with Crippen LogP contribution < -0.4 is 4.74 Å². The normalized spacial score (nSPS) is 10.1. The summed E-state index contributed by atoms with van der Waals surface area (Å²) in [5, 5.41) is 13.2. The summed E-state index contributed by atoms with van der Waals surface area (Å²) in [6.07, 6.45) is 0. The SMILES string of the molecule is O=C(O)COc1ccc2ccccc2c1.c1ccc2ccccc2c1. The third-order valence-electron chi connectivity index (χ3n) is 3.74. The third kappa shape index (κ3) is 4.58. The fourth-order valence-corrected chi connectivity index (χ4v) is 2.54. The van der Waals surface area contributed by atoms with E-state index in [-0.39, 0.29) is 6.61 Å². The van der Waals surface area contributed by atoms with Gasteiger partial charge in [0.25, 0.3) is 0 Å². The number of carbonyl (C=O) groups is 1. The quantitative estimate of drug-likeness (QED) is 0.565. The summed E-state index contributed by atoms with van der Waals surface area (Å²) in [6, 6.07) is 30.1. The minimum atomic E-state index is -0.969. The van der Waals surface area contributed by atoms with E-state index in [4.69, 9.17) is 9.84 Å². The number of ether oxygens (including phenoxy) is 1. The average molecular weight is 330 g/mol. The molecule has 4 aromatic rings. The van der Waals surface area contributed by atoms with E-state index in [1.165, 1.54) is 10.8 Å². The van der Waals surface area contributed by atoms with E-state index in [0.29, 0.717) is 5.75 Å². The molecule has 0 aliphatic rings. The topological polar surface area (TPSA) is 46.5 Å². The lowest BCUT2D eigenvalue weighted by Gasteiger charge is -2.04. The molecule has 3 heteroatoms. The molecule has 0 saturated carbocycles. The summed E-state index contributed by atoms with van der Waals surface area (Å²) in [6.45, 7) is -0.307. The van der Waals surface area contributed by atoms with Gasteiger partial charge >= 0.3 is 5.97 Å². The molecule has 0 bridgehead atoms. The molecule has 0 atom stereocenters. The zero-order valence-corrected chi connectivity index (χ0v) is 13.6. The Kier molecular flexibility index (Phi) is 5.27. The number of rotatable bonds is 3. The van der Waals surface area contributed by atoms with Crippen molar-refractivity contribution < 1.29 is 14.6 Å². The Hall–Kier alpha value is -3.33. The predicted molar refractivity (Wildman–Crippen MR) is 101 cm³/mol. The molecular weight excluding hydrogens is 312 g/mol. The van der Waals surface area contributed by atoms with Gasteiger partial charge in [0.1, 0.15) is 5.75 Å². The van der Waals surface area contributed by atoms with Crippen LogP contribution in [0.15, 0.2) is 91.0 Å². The molecule has 0 aliphatic heterocycles. The zero-order chi connectivity index (χ0) is 17.5. The highest BCUT2D eigenvalue weighted by Crippen LogP contribution is 2.20. The second kappa shape index (κ2) is 7.97. The Morgan fingerprint density at radius 1 is 0.680 bits per heavy atom. The standard InChI is InChI=1S/C12H10O3.C10H8/c13-12(14)8-15-11-6-5-9-3-1-2-4-10(9)7-11;1-2-6-10-8-4-3-7-9(10)5-1/h1-7H,8H2,(H,13,14);1-8H. The van der Waals surface area contributed by atoms with Crippen molar-refractivity contribution in [3.05, 3.63) is 91.0 Å². The minimum absolute atomic E-state index is 0.307. The Morgan fingerprint density at radius 3 is 1.60 bits per heavy atom. The minimum Gasteiger partial charge on any atom is -0.482 e. The number of aliphatic carboxylic acids is 1. The number of hydrogen-bond acceptors (Lipinski definition) is 2. The maximum absolute atomic E-state index is 10.3. The molecule has 124 valence electrons. The van der Waals surface area contributed by atoms with E-state index in [9.17, 15) is 4.79 Å². The first-order chi connectivity index (χ1) is 12.2. The number of hydrogen-bond donors (Lipinski definition) is 1. The third-order valence-corrected chi connectivity index (χ3v) is 3.74. The molecule has 0 unspecified atom stereocenters. The maximum atomic E-state index is 10.3. The second-order valence-electron chi connectivity index (χ2n) is 5.54. The molecule has 0 spiro atoms. The van der Waals surface area contributed by atoms with Crippen molar-refractivity contribution in [3.8, 4) is 5.75 Å². The van der Waals surface area contributed by atoms with E-state index in [0.717, 1.165) is 10.8 Å². The highest BCUT2D eigenvalue weighted by atomic mass is 16.5. The first kappa shape index (κ1) is 16.5. The van der Waals surface area contributed by atoms with Gasteiger partial charge in [-0.2, -0.15) is 0 Å². The fourth-order valence-electron chi connectivity index (χ4n) is 2.54. The zero-order valence-electron chi connectivity index (χ0n) is 13.6. The second-order valence-corrected chi connectivity index (χ2v) is 5.54. The van der Waals surface area contributed by atoms with E-state index in [2.05, 4.69) is 48.5 Å². The Labute approximate surface area is 146 Å². The lowest BCUT2D eigenvalue weighted by Crippen LogP contribution is -2.09. The van der Waals surface area contributed by atoms with Crippen molar-refractivity contribution in [1.29, 1.82) is 0 Å². The van der Waals surface area contributed by atoms with Gasteiger partial charge in [0.05, 0.1) is 0 Å². The first-order valence-electron chi connectivity index (χ1n) is 7.99. The van der Waals surface area contributed by atoms with E-state index < -0.39 is 5.97 Å². The lowest BCUT2D eigenvalue weighted by molar-refractivity contribution is -0.139. The van der Waals surface area contributed by atoms with Gasteiger partial charge in [-0.3, -0.25) is 0 Å². The summed E-state index contributed by atoms with van der Waals surface area (Å²) in [4.78, 5) is 10.3. The molecular formula is C22H18O3. The van der Waals surface area contributed by atoms with Gasteiger partial charge in [-0.1, -0.05) is 78.9 Å². The van der Waals surface area contributed by atoms with E-state index >= 15 is 0 Å². The molecule has 0 fully saturated rings. The van der Waals surface area contributed by atoms with Gasteiger partial charge in [0.15, 0.2) is 6.61 Å². The fraction of sp³-hybridized carbons (Fsp3) is 0.0455. The van der Waals surface area contributed by atoms with Crippen LogP contribution in [0.5, 0.6) is 5.75 Å². The summed E-state index contributed by atoms with van der Waals surface area (Å²) >= 11 is 0. The van der Waals surface area contributed by atoms with Crippen LogP contribution in [-0.2, 0) is 4.79 Å². The highest BCUT2D eigenvalue weighted by Gasteiger charge is 2.00. The Balaban J connectivity index is 0.000000157. The molecule has 0 saturated heterocycles. The van der Waals surface area contributed by atoms with Crippen LogP contribution in [0.25, 0.3) is 21.5 Å². The molecule has 0 heterocycles. The molecule has 3 nitrogen and oxygen atoms in total. The molecule has 0 aliphatic carbocycles. The number of fused-ring (bicyclic) bond motifs is 2. The summed E-state index contributed by atoms with van der Waals surface area (Å²) in [7, 11) is 0. The molecule has 0 radical (unpaired) electrons. The van der Waals surface area contributed by atoms with Crippen LogP contribution in [0, 0.1) is 0 Å². The summed E-state index contributed by atoms with van der Waals surface area (Å²) in [5.74, 6) is -0.390. The van der Waals surface area contributed by atoms with E-state index in [1.807, 2.05) is 36.4 Å². The van der Waals surface area contributed by atoms with Gasteiger partial charge in [-0.05, 0) is 33.7 Å². The van der Waals surface area contributed by atoms with Crippen molar-refractivity contribution in [2.45, 2.75) is 0 Å². The molecule has 4 aromatic carbocycles. The van der Waals surface area contributed by atoms with Gasteiger partial charge in [0.2, 0.25) is 0 Å². The highest BCUT2D eigenvalue weighted by molar-refractivity contribution is 5.84. The van der Waals surface area contributed by atoms with Gasteiger partial charge in [0, 0.05) is 0 Å². The Bertz CT molecular complexity index is 927. The number of carboxylic acids is 1. The van der Waals surface area contributed by atoms with Crippen molar-refractivity contribution >= 4 is 27.5 Å². The smallest absolute Gasteiger partial charge is 0.341 e. The lowest BCUT2D eigenvalue weighted by atomic mass is 10.1. The van der Waals surface area contributed by atoms with Crippen molar-refractivity contribution in [2.75, 3.05) is 6.61 Å². The van der Waals surface area contributed by atoms with Crippen LogP contribution in [0.1, 0.15) is 0 Å². The van der Waals surface area contributed by atoms with Gasteiger partial charge in [-0.25, -0.2) is 4.79 Å². The first-order valence-corrected chi connectivity index (χ1v) is 7.99. The van der Waals surface area contributed by atoms with Crippen molar-refractivity contribution in [2.24, 2.45) is 0 Å². The van der Waals surface area contributed by atoms with Crippen molar-refractivity contribution in [3.63, 3.8) is 0 Å². The summed E-state index contributed by atoms with van der Waals surface area (Å²) < 4.78 is 5.08. The maximum Gasteiger partial charge on any atom is 0.341 e. The molecule has 1 N–H and O–H groups in total. The number of benzene rings is 4. The molecule has 0 amide bonds. The largest absolute Gasteiger partial charge is 0.482 e. The van der Waals surface area contributed by atoms with Crippen LogP contribution in [0.4, 0.5) is 0 Å². The average Bonchev–Trinajstić information content (AvgIpc) is 2.67.